The molecule has 10 rings (SSSR count). The van der Waals surface area contributed by atoms with Crippen molar-refractivity contribution in [1.82, 2.24) is 15.0 Å². The maximum absolute atomic E-state index is 4.98. The lowest BCUT2D eigenvalue weighted by Gasteiger charge is -2.22. The number of benzene rings is 7. The van der Waals surface area contributed by atoms with Crippen LogP contribution in [0.25, 0.3) is 78.7 Å². The molecule has 254 valence electrons. The highest BCUT2D eigenvalue weighted by molar-refractivity contribution is 5.89. The molecule has 8 aromatic rings. The van der Waals surface area contributed by atoms with Crippen LogP contribution in [0.2, 0.25) is 0 Å². The number of hydrogen-bond acceptors (Lipinski definition) is 3. The van der Waals surface area contributed by atoms with Crippen molar-refractivity contribution in [3.05, 3.63) is 186 Å². The molecule has 0 saturated carbocycles. The van der Waals surface area contributed by atoms with E-state index in [2.05, 4.69) is 117 Å². The fraction of sp³-hybridized carbons (Fsp3) is 0.100. The average molecular weight is 682 g/mol. The van der Waals surface area contributed by atoms with Gasteiger partial charge in [-0.3, -0.25) is 0 Å². The van der Waals surface area contributed by atoms with Crippen LogP contribution >= 0.6 is 0 Å². The highest BCUT2D eigenvalue weighted by atomic mass is 15.0. The third-order valence-electron chi connectivity index (χ3n) is 11.0. The molecule has 0 unspecified atom stereocenters. The van der Waals surface area contributed by atoms with Gasteiger partial charge in [-0.1, -0.05) is 167 Å². The normalized spacial score (nSPS) is 13.0. The SMILES string of the molecule is C.CC1(C)c2ccccc2-c2ccc(-c3cccc4c3Cc3ccc(-c5cccc(-c6nc(-c7ccccc7)nc(-c7ccccc7)n6)c5)cc3-4)cc21. The van der Waals surface area contributed by atoms with Crippen LogP contribution < -0.4 is 0 Å². The second-order valence-electron chi connectivity index (χ2n) is 14.4. The average Bonchev–Trinajstić information content (AvgIpc) is 3.70. The zero-order valence-corrected chi connectivity index (χ0v) is 29.1. The summed E-state index contributed by atoms with van der Waals surface area (Å²) in [6, 6.07) is 58.6. The van der Waals surface area contributed by atoms with Crippen LogP contribution in [0.4, 0.5) is 0 Å². The molecule has 0 saturated heterocycles. The molecule has 0 aliphatic heterocycles. The first-order valence-corrected chi connectivity index (χ1v) is 18.0. The predicted octanol–water partition coefficient (Wildman–Crippen LogP) is 12.7. The molecule has 0 spiro atoms. The third kappa shape index (κ3) is 5.39. The van der Waals surface area contributed by atoms with E-state index in [1.54, 1.807) is 0 Å². The number of rotatable bonds is 5. The van der Waals surface area contributed by atoms with Gasteiger partial charge in [-0.25, -0.2) is 15.0 Å². The second-order valence-corrected chi connectivity index (χ2v) is 14.4. The van der Waals surface area contributed by atoms with Gasteiger partial charge in [0.1, 0.15) is 0 Å². The Balaban J connectivity index is 0.00000372. The molecule has 2 aliphatic carbocycles. The largest absolute Gasteiger partial charge is 0.208 e. The van der Waals surface area contributed by atoms with Gasteiger partial charge in [-0.2, -0.15) is 0 Å². The molecule has 3 heteroatoms. The molecule has 2 aliphatic rings. The van der Waals surface area contributed by atoms with E-state index in [1.165, 1.54) is 61.2 Å². The first-order chi connectivity index (χ1) is 25.5. The number of hydrogen-bond donors (Lipinski definition) is 0. The summed E-state index contributed by atoms with van der Waals surface area (Å²) in [4.78, 5) is 14.8. The van der Waals surface area contributed by atoms with Gasteiger partial charge in [0.05, 0.1) is 0 Å². The molecular weight excluding hydrogens is 643 g/mol. The summed E-state index contributed by atoms with van der Waals surface area (Å²) in [5.74, 6) is 1.99. The van der Waals surface area contributed by atoms with Crippen LogP contribution in [0, 0.1) is 0 Å². The summed E-state index contributed by atoms with van der Waals surface area (Å²) in [7, 11) is 0. The van der Waals surface area contributed by atoms with E-state index in [-0.39, 0.29) is 12.8 Å². The van der Waals surface area contributed by atoms with Crippen molar-refractivity contribution >= 4 is 0 Å². The number of aromatic nitrogens is 3. The molecule has 1 heterocycles. The van der Waals surface area contributed by atoms with Gasteiger partial charge in [-0.05, 0) is 91.4 Å². The van der Waals surface area contributed by atoms with Gasteiger partial charge in [0.25, 0.3) is 0 Å². The molecule has 53 heavy (non-hydrogen) atoms. The molecule has 0 N–H and O–H groups in total. The molecular formula is C50H39N3. The van der Waals surface area contributed by atoms with Crippen molar-refractivity contribution in [1.29, 1.82) is 0 Å². The molecule has 0 fully saturated rings. The van der Waals surface area contributed by atoms with Gasteiger partial charge in [-0.15, -0.1) is 0 Å². The fourth-order valence-corrected chi connectivity index (χ4v) is 8.30. The number of nitrogens with zero attached hydrogens (tertiary/aromatic N) is 3. The van der Waals surface area contributed by atoms with E-state index in [0.717, 1.165) is 28.7 Å². The monoisotopic (exact) mass is 681 g/mol. The molecule has 0 bridgehead atoms. The van der Waals surface area contributed by atoms with Crippen LogP contribution in [-0.2, 0) is 11.8 Å². The fourth-order valence-electron chi connectivity index (χ4n) is 8.30. The summed E-state index contributed by atoms with van der Waals surface area (Å²) >= 11 is 0. The van der Waals surface area contributed by atoms with Gasteiger partial charge in [0, 0.05) is 22.1 Å². The van der Waals surface area contributed by atoms with Crippen LogP contribution in [-0.4, -0.2) is 15.0 Å². The quantitative estimate of drug-likeness (QED) is 0.181. The van der Waals surface area contributed by atoms with E-state index in [0.29, 0.717) is 17.5 Å². The maximum atomic E-state index is 4.98. The summed E-state index contributed by atoms with van der Waals surface area (Å²) in [5.41, 5.74) is 18.7. The van der Waals surface area contributed by atoms with E-state index in [9.17, 15) is 0 Å². The summed E-state index contributed by atoms with van der Waals surface area (Å²) in [5, 5.41) is 0. The molecule has 0 amide bonds. The van der Waals surface area contributed by atoms with Gasteiger partial charge in [0.2, 0.25) is 0 Å². The zero-order valence-electron chi connectivity index (χ0n) is 29.1. The van der Waals surface area contributed by atoms with E-state index in [4.69, 9.17) is 15.0 Å². The molecule has 0 radical (unpaired) electrons. The molecule has 3 nitrogen and oxygen atoms in total. The minimum Gasteiger partial charge on any atom is -0.208 e. The van der Waals surface area contributed by atoms with Crippen molar-refractivity contribution in [2.24, 2.45) is 0 Å². The van der Waals surface area contributed by atoms with Crippen molar-refractivity contribution in [2.75, 3.05) is 0 Å². The van der Waals surface area contributed by atoms with Crippen LogP contribution in [0.3, 0.4) is 0 Å². The Kier molecular flexibility index (Phi) is 7.74. The Morgan fingerprint density at radius 1 is 0.377 bits per heavy atom. The third-order valence-corrected chi connectivity index (χ3v) is 11.0. The lowest BCUT2D eigenvalue weighted by molar-refractivity contribution is 0.660. The topological polar surface area (TPSA) is 38.7 Å². The Bertz CT molecular complexity index is 2620. The van der Waals surface area contributed by atoms with Crippen molar-refractivity contribution in [2.45, 2.75) is 33.1 Å². The standard InChI is InChI=1S/C49H35N3.CH4/c1-49(2)44-22-10-9-19-40(44)41-26-25-36(30-45(41)49)38-20-12-21-39-42-28-34(23-24-35(42)29-43(38)39)33-17-11-18-37(27-33)48-51-46(31-13-5-3-6-14-31)50-47(52-48)32-15-7-4-8-16-32;/h3-28,30H,29H2,1-2H3;1H4. The Morgan fingerprint density at radius 2 is 0.906 bits per heavy atom. The van der Waals surface area contributed by atoms with Gasteiger partial charge >= 0.3 is 0 Å². The Labute approximate surface area is 311 Å². The van der Waals surface area contributed by atoms with Crippen LogP contribution in [0.1, 0.15) is 43.5 Å². The Morgan fingerprint density at radius 3 is 1.64 bits per heavy atom. The van der Waals surface area contributed by atoms with Crippen LogP contribution in [0.5, 0.6) is 0 Å². The van der Waals surface area contributed by atoms with Crippen molar-refractivity contribution in [3.8, 4) is 78.7 Å². The lowest BCUT2D eigenvalue weighted by atomic mass is 9.81. The van der Waals surface area contributed by atoms with Gasteiger partial charge in [0.15, 0.2) is 17.5 Å². The smallest absolute Gasteiger partial charge is 0.164 e. The number of fused-ring (bicyclic) bond motifs is 6. The predicted molar refractivity (Wildman–Crippen MR) is 220 cm³/mol. The summed E-state index contributed by atoms with van der Waals surface area (Å²) in [6.07, 6.45) is 0.928. The minimum absolute atomic E-state index is 0. The van der Waals surface area contributed by atoms with E-state index >= 15 is 0 Å². The molecule has 1 aromatic heterocycles. The second kappa shape index (κ2) is 12.6. The van der Waals surface area contributed by atoms with Crippen molar-refractivity contribution < 1.29 is 0 Å². The summed E-state index contributed by atoms with van der Waals surface area (Å²) < 4.78 is 0. The highest BCUT2D eigenvalue weighted by Crippen LogP contribution is 2.50. The van der Waals surface area contributed by atoms with Crippen LogP contribution in [0.15, 0.2) is 164 Å². The van der Waals surface area contributed by atoms with E-state index in [1.807, 2.05) is 60.7 Å². The first-order valence-electron chi connectivity index (χ1n) is 18.0. The lowest BCUT2D eigenvalue weighted by Crippen LogP contribution is -2.14. The minimum atomic E-state index is -0.0280. The Hall–Kier alpha value is -6.45. The maximum Gasteiger partial charge on any atom is 0.164 e. The summed E-state index contributed by atoms with van der Waals surface area (Å²) in [6.45, 7) is 4.71. The van der Waals surface area contributed by atoms with E-state index < -0.39 is 0 Å². The highest BCUT2D eigenvalue weighted by Gasteiger charge is 2.35. The first kappa shape index (κ1) is 32.5. The molecule has 7 aromatic carbocycles. The van der Waals surface area contributed by atoms with Crippen molar-refractivity contribution in [3.63, 3.8) is 0 Å². The van der Waals surface area contributed by atoms with Gasteiger partial charge < -0.3 is 0 Å². The molecule has 0 atom stereocenters. The zero-order chi connectivity index (χ0) is 34.8.